The van der Waals surface area contributed by atoms with E-state index < -0.39 is 41.8 Å². The number of carboxylic acids is 1. The van der Waals surface area contributed by atoms with E-state index >= 15 is 0 Å². The summed E-state index contributed by atoms with van der Waals surface area (Å²) in [5, 5.41) is 27.1. The summed E-state index contributed by atoms with van der Waals surface area (Å²) in [6, 6.07) is 10.5. The Morgan fingerprint density at radius 2 is 1.55 bits per heavy atom. The minimum absolute atomic E-state index is 0.000516. The Morgan fingerprint density at radius 3 is 2.13 bits per heavy atom. The van der Waals surface area contributed by atoms with Crippen molar-refractivity contribution >= 4 is 23.7 Å². The Bertz CT molecular complexity index is 1230. The van der Waals surface area contributed by atoms with Crippen molar-refractivity contribution in [2.24, 2.45) is 5.92 Å². The number of aromatic nitrogens is 2. The Balaban J connectivity index is 1.87. The quantitative estimate of drug-likeness (QED) is 0.211. The molecule has 0 saturated carbocycles. The topological polar surface area (TPSA) is 174 Å². The summed E-state index contributed by atoms with van der Waals surface area (Å²) in [4.78, 5) is 58.2. The van der Waals surface area contributed by atoms with E-state index in [1.807, 2.05) is 13.8 Å². The number of carboxylic acid groups (broad SMARTS) is 1. The first-order valence-corrected chi connectivity index (χ1v) is 12.1. The molecule has 0 saturated heterocycles. The van der Waals surface area contributed by atoms with Crippen molar-refractivity contribution in [2.45, 2.75) is 44.8 Å². The number of H-pyrrole nitrogens is 1. The number of carbonyl (C=O) groups excluding carboxylic acids is 3. The third kappa shape index (κ3) is 7.92. The number of aromatic amines is 1. The molecule has 11 heteroatoms. The molecule has 200 valence electrons. The third-order valence-corrected chi connectivity index (χ3v) is 5.73. The molecule has 11 nitrogen and oxygen atoms in total. The van der Waals surface area contributed by atoms with Gasteiger partial charge in [0.05, 0.1) is 6.33 Å². The number of nitrogens with one attached hydrogen (secondary N) is 4. The minimum Gasteiger partial charge on any atom is -0.508 e. The van der Waals surface area contributed by atoms with Crippen LogP contribution < -0.4 is 16.0 Å². The summed E-state index contributed by atoms with van der Waals surface area (Å²) in [5.74, 6) is -3.12. The molecule has 0 aliphatic heterocycles. The maximum Gasteiger partial charge on any atom is 0.326 e. The second-order valence-corrected chi connectivity index (χ2v) is 9.24. The average Bonchev–Trinajstić information content (AvgIpc) is 3.40. The highest BCUT2D eigenvalue weighted by atomic mass is 16.4. The van der Waals surface area contributed by atoms with Crippen molar-refractivity contribution < 1.29 is 29.4 Å². The van der Waals surface area contributed by atoms with Crippen molar-refractivity contribution in [3.63, 3.8) is 0 Å². The van der Waals surface area contributed by atoms with E-state index in [2.05, 4.69) is 25.9 Å². The summed E-state index contributed by atoms with van der Waals surface area (Å²) in [7, 11) is 0. The molecule has 3 rings (SSSR count). The maximum atomic E-state index is 13.5. The Hall–Kier alpha value is -4.67. The number of carbonyl (C=O) groups is 4. The van der Waals surface area contributed by atoms with Gasteiger partial charge in [0, 0.05) is 23.9 Å². The number of nitrogens with zero attached hydrogens (tertiary/aromatic N) is 1. The van der Waals surface area contributed by atoms with Crippen molar-refractivity contribution in [1.29, 1.82) is 0 Å². The van der Waals surface area contributed by atoms with Gasteiger partial charge in [-0.3, -0.25) is 14.4 Å². The lowest BCUT2D eigenvalue weighted by molar-refractivity contribution is -0.142. The molecule has 0 spiro atoms. The first-order chi connectivity index (χ1) is 18.1. The van der Waals surface area contributed by atoms with Gasteiger partial charge >= 0.3 is 5.97 Å². The summed E-state index contributed by atoms with van der Waals surface area (Å²) >= 11 is 0. The Kier molecular flexibility index (Phi) is 9.58. The molecule has 3 atom stereocenters. The van der Waals surface area contributed by atoms with Gasteiger partial charge in [-0.2, -0.15) is 0 Å². The van der Waals surface area contributed by atoms with E-state index in [-0.39, 0.29) is 24.5 Å². The van der Waals surface area contributed by atoms with Crippen LogP contribution in [0.4, 0.5) is 0 Å². The first-order valence-electron chi connectivity index (χ1n) is 12.1. The van der Waals surface area contributed by atoms with Crippen LogP contribution in [0.5, 0.6) is 5.75 Å². The maximum absolute atomic E-state index is 13.5. The van der Waals surface area contributed by atoms with Gasteiger partial charge in [-0.05, 0) is 42.2 Å². The van der Waals surface area contributed by atoms with Crippen LogP contribution in [-0.4, -0.2) is 56.0 Å². The molecular weight excluding hydrogens is 490 g/mol. The fraction of sp³-hybridized carbons (Fsp3) is 0.296. The van der Waals surface area contributed by atoms with Crippen LogP contribution in [-0.2, 0) is 20.8 Å². The third-order valence-electron chi connectivity index (χ3n) is 5.73. The molecule has 0 bridgehead atoms. The smallest absolute Gasteiger partial charge is 0.326 e. The Labute approximate surface area is 219 Å². The summed E-state index contributed by atoms with van der Waals surface area (Å²) in [6.07, 6.45) is 3.11. The zero-order valence-electron chi connectivity index (χ0n) is 21.0. The highest BCUT2D eigenvalue weighted by Crippen LogP contribution is 2.19. The van der Waals surface area contributed by atoms with Gasteiger partial charge in [0.1, 0.15) is 23.9 Å². The zero-order valence-corrected chi connectivity index (χ0v) is 21.0. The van der Waals surface area contributed by atoms with Gasteiger partial charge in [0.25, 0.3) is 5.91 Å². The van der Waals surface area contributed by atoms with Gasteiger partial charge in [0.15, 0.2) is 0 Å². The van der Waals surface area contributed by atoms with Crippen LogP contribution in [0.3, 0.4) is 0 Å². The van der Waals surface area contributed by atoms with E-state index in [9.17, 15) is 29.4 Å². The first kappa shape index (κ1) is 27.9. The number of hydrogen-bond acceptors (Lipinski definition) is 6. The normalized spacial score (nSPS) is 13.2. The molecule has 1 unspecified atom stereocenters. The van der Waals surface area contributed by atoms with E-state index in [4.69, 9.17) is 0 Å². The molecule has 0 fully saturated rings. The Morgan fingerprint density at radius 1 is 0.895 bits per heavy atom. The van der Waals surface area contributed by atoms with Crippen LogP contribution in [0.2, 0.25) is 0 Å². The van der Waals surface area contributed by atoms with Gasteiger partial charge in [-0.1, -0.05) is 44.2 Å². The molecule has 0 radical (unpaired) electrons. The molecular formula is C27H31N5O6. The van der Waals surface area contributed by atoms with Gasteiger partial charge in [0.2, 0.25) is 11.8 Å². The molecule has 3 aromatic rings. The summed E-state index contributed by atoms with van der Waals surface area (Å²) in [5.41, 5.74) is 1.23. The molecule has 2 aromatic carbocycles. The molecule has 1 heterocycles. The predicted molar refractivity (Wildman–Crippen MR) is 138 cm³/mol. The zero-order chi connectivity index (χ0) is 27.7. The molecule has 3 amide bonds. The lowest BCUT2D eigenvalue weighted by Gasteiger charge is -2.25. The molecule has 38 heavy (non-hydrogen) atoms. The number of benzene rings is 2. The predicted octanol–water partition coefficient (Wildman–Crippen LogP) is 1.93. The summed E-state index contributed by atoms with van der Waals surface area (Å²) in [6.45, 7) is 3.67. The number of aromatic hydroxyl groups is 1. The van der Waals surface area contributed by atoms with Crippen LogP contribution >= 0.6 is 0 Å². The van der Waals surface area contributed by atoms with E-state index in [1.54, 1.807) is 30.3 Å². The second-order valence-electron chi connectivity index (χ2n) is 9.24. The lowest BCUT2D eigenvalue weighted by Crippen LogP contribution is -2.54. The monoisotopic (exact) mass is 521 g/mol. The van der Waals surface area contributed by atoms with Crippen molar-refractivity contribution in [3.05, 3.63) is 83.9 Å². The standard InChI is InChI=1S/C27H31N5O6/c1-16(2)12-22(27(37)38)31-25(35)21(13-19-14-28-15-29-19)30-26(36)23(17-8-10-20(33)11-9-17)32-24(34)18-6-4-3-5-7-18/h3-11,14-16,21-23,33H,12-13H2,1-2H3,(H,28,29)(H,30,36)(H,31,35)(H,32,34)(H,37,38)/t21-,22-,23?/m0/s1. The number of hydrogen-bond donors (Lipinski definition) is 6. The van der Waals surface area contributed by atoms with Gasteiger partial charge in [-0.25, -0.2) is 9.78 Å². The summed E-state index contributed by atoms with van der Waals surface area (Å²) < 4.78 is 0. The van der Waals surface area contributed by atoms with Crippen molar-refractivity contribution in [2.75, 3.05) is 0 Å². The second kappa shape index (κ2) is 13.0. The fourth-order valence-electron chi connectivity index (χ4n) is 3.82. The fourth-order valence-corrected chi connectivity index (χ4v) is 3.82. The highest BCUT2D eigenvalue weighted by Gasteiger charge is 2.31. The number of rotatable bonds is 12. The van der Waals surface area contributed by atoms with E-state index in [1.165, 1.54) is 36.8 Å². The van der Waals surface area contributed by atoms with Crippen LogP contribution in [0.25, 0.3) is 0 Å². The SMILES string of the molecule is CC(C)C[C@H](NC(=O)[C@H](Cc1cnc[nH]1)NC(=O)C(NC(=O)c1ccccc1)c1ccc(O)cc1)C(=O)O. The minimum atomic E-state index is -1.22. The van der Waals surface area contributed by atoms with Crippen LogP contribution in [0.1, 0.15) is 47.9 Å². The average molecular weight is 522 g/mol. The number of phenolic OH excluding ortho intramolecular Hbond substituents is 1. The molecule has 0 aliphatic rings. The van der Waals surface area contributed by atoms with Crippen LogP contribution in [0.15, 0.2) is 67.1 Å². The lowest BCUT2D eigenvalue weighted by atomic mass is 10.0. The van der Waals surface area contributed by atoms with Gasteiger partial charge in [-0.15, -0.1) is 0 Å². The van der Waals surface area contributed by atoms with Gasteiger partial charge < -0.3 is 31.1 Å². The van der Waals surface area contributed by atoms with E-state index in [0.717, 1.165) is 0 Å². The number of imidazole rings is 1. The number of amides is 3. The van der Waals surface area contributed by atoms with Crippen molar-refractivity contribution in [1.82, 2.24) is 25.9 Å². The highest BCUT2D eigenvalue weighted by molar-refractivity contribution is 5.99. The molecule has 0 aliphatic carbocycles. The number of aliphatic carboxylic acids is 1. The molecule has 1 aromatic heterocycles. The number of phenols is 1. The molecule has 6 N–H and O–H groups in total. The van der Waals surface area contributed by atoms with Crippen LogP contribution in [0, 0.1) is 5.92 Å². The van der Waals surface area contributed by atoms with Crippen molar-refractivity contribution in [3.8, 4) is 5.75 Å². The largest absolute Gasteiger partial charge is 0.508 e. The van der Waals surface area contributed by atoms with E-state index in [0.29, 0.717) is 16.8 Å².